The van der Waals surface area contributed by atoms with Crippen molar-refractivity contribution in [1.29, 1.82) is 0 Å². The largest absolute Gasteiger partial charge is 0.398 e. The van der Waals surface area contributed by atoms with E-state index in [9.17, 15) is 0 Å². The lowest BCUT2D eigenvalue weighted by Gasteiger charge is -2.31. The highest BCUT2D eigenvalue weighted by Gasteiger charge is 2.25. The van der Waals surface area contributed by atoms with Crippen molar-refractivity contribution in [3.63, 3.8) is 0 Å². The number of nitrogen functional groups attached to an aromatic ring is 1. The molecule has 26 heavy (non-hydrogen) atoms. The van der Waals surface area contributed by atoms with Gasteiger partial charge in [-0.05, 0) is 80.9 Å². The van der Waals surface area contributed by atoms with E-state index in [0.717, 1.165) is 30.0 Å². The minimum Gasteiger partial charge on any atom is -0.398 e. The molecule has 3 nitrogen and oxygen atoms in total. The first kappa shape index (κ1) is 18.5. The molecule has 0 spiro atoms. The van der Waals surface area contributed by atoms with Crippen molar-refractivity contribution in [1.82, 2.24) is 4.98 Å². The van der Waals surface area contributed by atoms with E-state index in [-0.39, 0.29) is 5.54 Å². The number of nitrogens with zero attached hydrogens (tertiary/aromatic N) is 1. The van der Waals surface area contributed by atoms with Gasteiger partial charge in [0, 0.05) is 16.9 Å². The van der Waals surface area contributed by atoms with Crippen LogP contribution in [-0.4, -0.2) is 4.98 Å². The summed E-state index contributed by atoms with van der Waals surface area (Å²) in [5.74, 6) is 0.895. The Balaban J connectivity index is 1.90. The highest BCUT2D eigenvalue weighted by atomic mass is 15.0. The predicted molar refractivity (Wildman–Crippen MR) is 112 cm³/mol. The van der Waals surface area contributed by atoms with Gasteiger partial charge in [0.05, 0.1) is 5.54 Å². The summed E-state index contributed by atoms with van der Waals surface area (Å²) in [6.45, 7) is 11.1. The van der Waals surface area contributed by atoms with E-state index in [1.165, 1.54) is 23.1 Å². The lowest BCUT2D eigenvalue weighted by molar-refractivity contribution is 0.335. The molecule has 0 radical (unpaired) electrons. The Morgan fingerprint density at radius 3 is 2.58 bits per heavy atom. The van der Waals surface area contributed by atoms with Crippen LogP contribution in [0, 0.1) is 12.3 Å². The fraction of sp³-hybridized carbons (Fsp3) is 0.435. The van der Waals surface area contributed by atoms with Crippen molar-refractivity contribution in [3.05, 3.63) is 59.3 Å². The van der Waals surface area contributed by atoms with E-state index in [4.69, 9.17) is 5.73 Å². The Morgan fingerprint density at radius 2 is 1.92 bits per heavy atom. The Hall–Kier alpha value is -2.29. The first-order valence-electron chi connectivity index (χ1n) is 9.48. The van der Waals surface area contributed by atoms with Gasteiger partial charge in [-0.3, -0.25) is 0 Å². The number of rotatable bonds is 4. The second-order valence-electron chi connectivity index (χ2n) is 8.81. The minimum absolute atomic E-state index is 0.238. The van der Waals surface area contributed by atoms with Gasteiger partial charge in [-0.2, -0.15) is 0 Å². The maximum Gasteiger partial charge on any atom is 0.126 e. The number of anilines is 2. The summed E-state index contributed by atoms with van der Waals surface area (Å²) in [7, 11) is 0. The number of benzene rings is 1. The molecule has 0 unspecified atom stereocenters. The van der Waals surface area contributed by atoms with Gasteiger partial charge in [0.2, 0.25) is 0 Å². The highest BCUT2D eigenvalue weighted by Crippen LogP contribution is 2.40. The topological polar surface area (TPSA) is 50.9 Å². The van der Waals surface area contributed by atoms with Crippen molar-refractivity contribution in [2.24, 2.45) is 5.41 Å². The van der Waals surface area contributed by atoms with Crippen LogP contribution >= 0.6 is 0 Å². The molecule has 3 heteroatoms. The average molecular weight is 350 g/mol. The zero-order valence-corrected chi connectivity index (χ0v) is 16.7. The van der Waals surface area contributed by atoms with Crippen molar-refractivity contribution in [2.75, 3.05) is 11.1 Å². The van der Waals surface area contributed by atoms with Crippen LogP contribution in [0.4, 0.5) is 11.5 Å². The maximum atomic E-state index is 6.33. The van der Waals surface area contributed by atoms with Gasteiger partial charge in [-0.1, -0.05) is 32.1 Å². The number of pyridine rings is 1. The quantitative estimate of drug-likeness (QED) is 0.674. The van der Waals surface area contributed by atoms with Crippen LogP contribution < -0.4 is 11.1 Å². The van der Waals surface area contributed by atoms with E-state index >= 15 is 0 Å². The SMILES string of the molecule is Cc1cccc(NC(C)(C)c2ccc(N)c(C3=CCC(C)(C)CC3)c2)n1. The highest BCUT2D eigenvalue weighted by molar-refractivity contribution is 5.76. The molecule has 3 N–H and O–H groups in total. The van der Waals surface area contributed by atoms with Gasteiger partial charge < -0.3 is 11.1 Å². The van der Waals surface area contributed by atoms with Crippen LogP contribution in [0.2, 0.25) is 0 Å². The molecule has 0 saturated heterocycles. The molecule has 1 aromatic heterocycles. The lowest BCUT2D eigenvalue weighted by atomic mass is 9.76. The normalized spacial score (nSPS) is 16.9. The van der Waals surface area contributed by atoms with Crippen LogP contribution in [0.15, 0.2) is 42.5 Å². The maximum absolute atomic E-state index is 6.33. The summed E-state index contributed by atoms with van der Waals surface area (Å²) in [6.07, 6.45) is 5.79. The standard InChI is InChI=1S/C23H31N3/c1-16-7-6-8-21(25-16)26-23(4,5)18-9-10-20(24)19(15-18)17-11-13-22(2,3)14-12-17/h6-11,15H,12-14,24H2,1-5H3,(H,25,26). The van der Waals surface area contributed by atoms with E-state index in [1.54, 1.807) is 0 Å². The molecule has 1 aromatic carbocycles. The van der Waals surface area contributed by atoms with E-state index in [1.807, 2.05) is 31.2 Å². The molecule has 138 valence electrons. The number of nitrogens with one attached hydrogen (secondary N) is 1. The zero-order valence-electron chi connectivity index (χ0n) is 16.7. The molecule has 1 aliphatic carbocycles. The van der Waals surface area contributed by atoms with Gasteiger partial charge in [0.15, 0.2) is 0 Å². The number of aryl methyl sites for hydroxylation is 1. The first-order valence-corrected chi connectivity index (χ1v) is 9.48. The Labute approximate surface area is 157 Å². The first-order chi connectivity index (χ1) is 12.2. The van der Waals surface area contributed by atoms with Gasteiger partial charge in [-0.25, -0.2) is 4.98 Å². The number of hydrogen-bond donors (Lipinski definition) is 2. The smallest absolute Gasteiger partial charge is 0.126 e. The van der Waals surface area contributed by atoms with Crippen molar-refractivity contribution >= 4 is 17.1 Å². The van der Waals surface area contributed by atoms with Crippen LogP contribution in [0.25, 0.3) is 5.57 Å². The number of allylic oxidation sites excluding steroid dienone is 2. The van der Waals surface area contributed by atoms with E-state index < -0.39 is 0 Å². The molecule has 0 atom stereocenters. The molecular weight excluding hydrogens is 318 g/mol. The van der Waals surface area contributed by atoms with Crippen LogP contribution in [0.5, 0.6) is 0 Å². The summed E-state index contributed by atoms with van der Waals surface area (Å²) in [5.41, 5.74) is 12.2. The summed E-state index contributed by atoms with van der Waals surface area (Å²) >= 11 is 0. The number of nitrogens with two attached hydrogens (primary N) is 1. The molecule has 0 bridgehead atoms. The third kappa shape index (κ3) is 4.09. The summed E-state index contributed by atoms with van der Waals surface area (Å²) < 4.78 is 0. The summed E-state index contributed by atoms with van der Waals surface area (Å²) in [5, 5.41) is 3.57. The second-order valence-corrected chi connectivity index (χ2v) is 8.81. The number of hydrogen-bond acceptors (Lipinski definition) is 3. The minimum atomic E-state index is -0.238. The molecule has 0 aliphatic heterocycles. The van der Waals surface area contributed by atoms with Crippen LogP contribution in [0.1, 0.15) is 63.8 Å². The zero-order chi connectivity index (χ0) is 18.9. The van der Waals surface area contributed by atoms with Gasteiger partial charge >= 0.3 is 0 Å². The molecule has 3 rings (SSSR count). The second kappa shape index (κ2) is 6.79. The average Bonchev–Trinajstić information content (AvgIpc) is 2.55. The van der Waals surface area contributed by atoms with Gasteiger partial charge in [0.1, 0.15) is 5.82 Å². The number of aromatic nitrogens is 1. The third-order valence-corrected chi connectivity index (χ3v) is 5.42. The summed E-state index contributed by atoms with van der Waals surface area (Å²) in [4.78, 5) is 4.58. The van der Waals surface area contributed by atoms with Crippen molar-refractivity contribution < 1.29 is 0 Å². The Bertz CT molecular complexity index is 831. The van der Waals surface area contributed by atoms with Crippen molar-refractivity contribution in [2.45, 2.75) is 59.4 Å². The monoisotopic (exact) mass is 349 g/mol. The lowest BCUT2D eigenvalue weighted by Crippen LogP contribution is -2.28. The van der Waals surface area contributed by atoms with Gasteiger partial charge in [-0.15, -0.1) is 0 Å². The Morgan fingerprint density at radius 1 is 1.15 bits per heavy atom. The Kier molecular flexibility index (Phi) is 4.83. The molecular formula is C23H31N3. The molecule has 2 aromatic rings. The molecule has 0 saturated carbocycles. The molecule has 1 aliphatic rings. The molecule has 0 fully saturated rings. The van der Waals surface area contributed by atoms with E-state index in [0.29, 0.717) is 5.41 Å². The fourth-order valence-corrected chi connectivity index (χ4v) is 3.55. The third-order valence-electron chi connectivity index (χ3n) is 5.42. The fourth-order valence-electron chi connectivity index (χ4n) is 3.55. The predicted octanol–water partition coefficient (Wildman–Crippen LogP) is 5.91. The van der Waals surface area contributed by atoms with E-state index in [2.05, 4.69) is 56.2 Å². The van der Waals surface area contributed by atoms with Gasteiger partial charge in [0.25, 0.3) is 0 Å². The van der Waals surface area contributed by atoms with Crippen molar-refractivity contribution in [3.8, 4) is 0 Å². The molecule has 1 heterocycles. The van der Waals surface area contributed by atoms with Crippen LogP contribution in [-0.2, 0) is 5.54 Å². The summed E-state index contributed by atoms with van der Waals surface area (Å²) in [6, 6.07) is 12.5. The molecule has 0 amide bonds. The van der Waals surface area contributed by atoms with Crippen LogP contribution in [0.3, 0.4) is 0 Å².